The third-order valence-corrected chi connectivity index (χ3v) is 3.53. The lowest BCUT2D eigenvalue weighted by Gasteiger charge is -2.18. The van der Waals surface area contributed by atoms with E-state index in [1.165, 1.54) is 0 Å². The Bertz CT molecular complexity index is 595. The maximum Gasteiger partial charge on any atom is 0.251 e. The molecule has 0 heterocycles. The Labute approximate surface area is 111 Å². The Morgan fingerprint density at radius 1 is 1.05 bits per heavy atom. The summed E-state index contributed by atoms with van der Waals surface area (Å²) in [6, 6.07) is 16.6. The van der Waals surface area contributed by atoms with Crippen LogP contribution in [0.1, 0.15) is 27.5 Å². The smallest absolute Gasteiger partial charge is 0.251 e. The highest BCUT2D eigenvalue weighted by Gasteiger charge is 2.31. The maximum atomic E-state index is 12.1. The van der Waals surface area contributed by atoms with Crippen LogP contribution in [0.25, 0.3) is 0 Å². The molecule has 0 aliphatic heterocycles. The number of aliphatic hydroxyl groups is 1. The lowest BCUT2D eigenvalue weighted by atomic mass is 10.1. The van der Waals surface area contributed by atoms with E-state index in [-0.39, 0.29) is 11.9 Å². The lowest BCUT2D eigenvalue weighted by molar-refractivity contribution is 0.0858. The number of aliphatic hydroxyl groups excluding tert-OH is 1. The Morgan fingerprint density at radius 3 is 2.53 bits per heavy atom. The number of carbonyl (C=O) groups is 1. The highest BCUT2D eigenvalue weighted by atomic mass is 16.3. The molecule has 2 atom stereocenters. The van der Waals surface area contributed by atoms with Crippen molar-refractivity contribution in [2.24, 2.45) is 0 Å². The minimum atomic E-state index is -0.551. The number of fused-ring (bicyclic) bond motifs is 1. The van der Waals surface area contributed by atoms with E-state index < -0.39 is 6.10 Å². The molecule has 3 nitrogen and oxygen atoms in total. The molecule has 96 valence electrons. The van der Waals surface area contributed by atoms with E-state index in [0.29, 0.717) is 12.0 Å². The van der Waals surface area contributed by atoms with Gasteiger partial charge in [-0.15, -0.1) is 0 Å². The largest absolute Gasteiger partial charge is 0.390 e. The summed E-state index contributed by atoms with van der Waals surface area (Å²) >= 11 is 0. The van der Waals surface area contributed by atoms with Crippen LogP contribution in [0.4, 0.5) is 0 Å². The summed E-state index contributed by atoms with van der Waals surface area (Å²) in [6.07, 6.45) is 0.0423. The molecule has 19 heavy (non-hydrogen) atoms. The van der Waals surface area contributed by atoms with Gasteiger partial charge in [0.1, 0.15) is 0 Å². The van der Waals surface area contributed by atoms with Gasteiger partial charge in [-0.3, -0.25) is 4.79 Å². The van der Waals surface area contributed by atoms with Gasteiger partial charge in [0.15, 0.2) is 0 Å². The van der Waals surface area contributed by atoms with Crippen LogP contribution in [0.3, 0.4) is 0 Å². The molecule has 0 bridgehead atoms. The number of hydrogen-bond donors (Lipinski definition) is 2. The van der Waals surface area contributed by atoms with Crippen molar-refractivity contribution in [2.45, 2.75) is 18.6 Å². The van der Waals surface area contributed by atoms with Crippen molar-refractivity contribution in [2.75, 3.05) is 0 Å². The predicted octanol–water partition coefficient (Wildman–Crippen LogP) is 2.07. The quantitative estimate of drug-likeness (QED) is 0.860. The highest BCUT2D eigenvalue weighted by Crippen LogP contribution is 2.31. The minimum Gasteiger partial charge on any atom is -0.390 e. The Hall–Kier alpha value is -2.13. The molecule has 1 amide bonds. The van der Waals surface area contributed by atoms with Crippen molar-refractivity contribution in [3.05, 3.63) is 71.3 Å². The van der Waals surface area contributed by atoms with E-state index in [1.807, 2.05) is 42.5 Å². The van der Waals surface area contributed by atoms with Crippen molar-refractivity contribution in [3.8, 4) is 0 Å². The zero-order chi connectivity index (χ0) is 13.2. The summed E-state index contributed by atoms with van der Waals surface area (Å²) in [7, 11) is 0. The molecule has 2 aromatic rings. The zero-order valence-corrected chi connectivity index (χ0v) is 10.4. The molecule has 1 aliphatic carbocycles. The number of amides is 1. The molecule has 0 spiro atoms. The van der Waals surface area contributed by atoms with Crippen molar-refractivity contribution in [3.63, 3.8) is 0 Å². The molecular formula is C16H15NO2. The van der Waals surface area contributed by atoms with E-state index >= 15 is 0 Å². The second-order valence-electron chi connectivity index (χ2n) is 4.79. The summed E-state index contributed by atoms with van der Waals surface area (Å²) in [5.74, 6) is -0.152. The summed E-state index contributed by atoms with van der Waals surface area (Å²) in [6.45, 7) is 0. The number of carbonyl (C=O) groups excluding carboxylic acids is 1. The van der Waals surface area contributed by atoms with Gasteiger partial charge in [0.2, 0.25) is 0 Å². The van der Waals surface area contributed by atoms with E-state index in [9.17, 15) is 9.90 Å². The first-order valence-corrected chi connectivity index (χ1v) is 6.37. The molecule has 2 unspecified atom stereocenters. The molecule has 0 aromatic heterocycles. The fourth-order valence-corrected chi connectivity index (χ4v) is 2.56. The molecule has 2 aromatic carbocycles. The standard InChI is InChI=1S/C16H15NO2/c18-14-10-12-8-4-5-9-13(12)15(14)17-16(19)11-6-2-1-3-7-11/h1-9,14-15,18H,10H2,(H,17,19). The van der Waals surface area contributed by atoms with Crippen molar-refractivity contribution in [1.82, 2.24) is 5.32 Å². The Morgan fingerprint density at radius 2 is 1.74 bits per heavy atom. The van der Waals surface area contributed by atoms with E-state index in [0.717, 1.165) is 11.1 Å². The van der Waals surface area contributed by atoms with Crippen LogP contribution < -0.4 is 5.32 Å². The summed E-state index contributed by atoms with van der Waals surface area (Å²) in [5.41, 5.74) is 2.73. The van der Waals surface area contributed by atoms with Crippen LogP contribution >= 0.6 is 0 Å². The summed E-state index contributed by atoms with van der Waals surface area (Å²) in [5, 5.41) is 13.0. The number of rotatable bonds is 2. The molecular weight excluding hydrogens is 238 g/mol. The average molecular weight is 253 g/mol. The van der Waals surface area contributed by atoms with Crippen LogP contribution in [0.2, 0.25) is 0 Å². The van der Waals surface area contributed by atoms with E-state index in [4.69, 9.17) is 0 Å². The van der Waals surface area contributed by atoms with Gasteiger partial charge in [0.05, 0.1) is 12.1 Å². The molecule has 0 fully saturated rings. The molecule has 0 saturated heterocycles. The molecule has 2 N–H and O–H groups in total. The maximum absolute atomic E-state index is 12.1. The van der Waals surface area contributed by atoms with Gasteiger partial charge in [-0.1, -0.05) is 42.5 Å². The van der Waals surface area contributed by atoms with Crippen molar-refractivity contribution in [1.29, 1.82) is 0 Å². The molecule has 3 heteroatoms. The number of hydrogen-bond acceptors (Lipinski definition) is 2. The van der Waals surface area contributed by atoms with Crippen molar-refractivity contribution < 1.29 is 9.90 Å². The molecule has 0 radical (unpaired) electrons. The molecule has 0 saturated carbocycles. The Balaban J connectivity index is 1.82. The third-order valence-electron chi connectivity index (χ3n) is 3.53. The van der Waals surface area contributed by atoms with Gasteiger partial charge >= 0.3 is 0 Å². The first-order valence-electron chi connectivity index (χ1n) is 6.37. The van der Waals surface area contributed by atoms with E-state index in [2.05, 4.69) is 5.32 Å². The van der Waals surface area contributed by atoms with Crippen molar-refractivity contribution >= 4 is 5.91 Å². The summed E-state index contributed by atoms with van der Waals surface area (Å²) in [4.78, 5) is 12.1. The summed E-state index contributed by atoms with van der Waals surface area (Å²) < 4.78 is 0. The second kappa shape index (κ2) is 4.86. The SMILES string of the molecule is O=C(NC1c2ccccc2CC1O)c1ccccc1. The lowest BCUT2D eigenvalue weighted by Crippen LogP contribution is -2.33. The van der Waals surface area contributed by atoms with E-state index in [1.54, 1.807) is 12.1 Å². The van der Waals surface area contributed by atoms with Gasteiger partial charge < -0.3 is 10.4 Å². The Kier molecular flexibility index (Phi) is 3.05. The second-order valence-corrected chi connectivity index (χ2v) is 4.79. The van der Waals surface area contributed by atoms with Crippen LogP contribution in [0.15, 0.2) is 54.6 Å². The van der Waals surface area contributed by atoms with Gasteiger partial charge in [0.25, 0.3) is 5.91 Å². The number of nitrogens with one attached hydrogen (secondary N) is 1. The van der Waals surface area contributed by atoms with Gasteiger partial charge in [0, 0.05) is 12.0 Å². The van der Waals surface area contributed by atoms with Crippen LogP contribution in [-0.2, 0) is 6.42 Å². The van der Waals surface area contributed by atoms with Crippen LogP contribution in [0.5, 0.6) is 0 Å². The van der Waals surface area contributed by atoms with Crippen LogP contribution in [0, 0.1) is 0 Å². The first-order chi connectivity index (χ1) is 9.25. The topological polar surface area (TPSA) is 49.3 Å². The average Bonchev–Trinajstić information content (AvgIpc) is 2.76. The predicted molar refractivity (Wildman–Crippen MR) is 72.8 cm³/mol. The fourth-order valence-electron chi connectivity index (χ4n) is 2.56. The molecule has 3 rings (SSSR count). The highest BCUT2D eigenvalue weighted by molar-refractivity contribution is 5.94. The van der Waals surface area contributed by atoms with Gasteiger partial charge in [-0.05, 0) is 23.3 Å². The number of benzene rings is 2. The first kappa shape index (κ1) is 11.9. The van der Waals surface area contributed by atoms with Gasteiger partial charge in [-0.25, -0.2) is 0 Å². The zero-order valence-electron chi connectivity index (χ0n) is 10.4. The molecule has 1 aliphatic rings. The fraction of sp³-hybridized carbons (Fsp3) is 0.188. The minimum absolute atomic E-state index is 0.152. The third kappa shape index (κ3) is 2.25. The van der Waals surface area contributed by atoms with Gasteiger partial charge in [-0.2, -0.15) is 0 Å². The van der Waals surface area contributed by atoms with Crippen LogP contribution in [-0.4, -0.2) is 17.1 Å². The normalized spacial score (nSPS) is 20.9. The monoisotopic (exact) mass is 253 g/mol.